The Kier molecular flexibility index (Phi) is 7.09. The first-order valence-electron chi connectivity index (χ1n) is 10.0. The zero-order chi connectivity index (χ0) is 20.8. The average molecular weight is 412 g/mol. The summed E-state index contributed by atoms with van der Waals surface area (Å²) in [6, 6.07) is 14.1. The van der Waals surface area contributed by atoms with Crippen LogP contribution in [0.25, 0.3) is 0 Å². The number of methoxy groups -OCH3 is 1. The molecule has 1 saturated heterocycles. The van der Waals surface area contributed by atoms with Gasteiger partial charge >= 0.3 is 5.97 Å². The number of benzene rings is 2. The number of rotatable bonds is 5. The molecular formula is C23H29N3O2S. The van der Waals surface area contributed by atoms with Crippen molar-refractivity contribution < 1.29 is 9.53 Å². The van der Waals surface area contributed by atoms with E-state index in [0.717, 1.165) is 30.3 Å². The monoisotopic (exact) mass is 411 g/mol. The second-order valence-electron chi connectivity index (χ2n) is 7.64. The lowest BCUT2D eigenvalue weighted by molar-refractivity contribution is 0.0600. The van der Waals surface area contributed by atoms with E-state index in [9.17, 15) is 4.79 Å². The summed E-state index contributed by atoms with van der Waals surface area (Å²) in [4.78, 5) is 14.3. The average Bonchev–Trinajstić information content (AvgIpc) is 2.73. The number of nitrogens with zero attached hydrogens (tertiary/aromatic N) is 1. The summed E-state index contributed by atoms with van der Waals surface area (Å²) in [6.45, 7) is 7.10. The van der Waals surface area contributed by atoms with Gasteiger partial charge in [-0.05, 0) is 73.3 Å². The van der Waals surface area contributed by atoms with Crippen molar-refractivity contribution in [2.24, 2.45) is 5.92 Å². The van der Waals surface area contributed by atoms with E-state index in [1.54, 1.807) is 6.07 Å². The first-order chi connectivity index (χ1) is 14.0. The molecule has 1 aliphatic rings. The Balaban J connectivity index is 1.55. The maximum absolute atomic E-state index is 11.8. The zero-order valence-electron chi connectivity index (χ0n) is 17.3. The van der Waals surface area contributed by atoms with Crippen LogP contribution in [0, 0.1) is 12.8 Å². The standard InChI is InChI=1S/C23H29N3O2S/c1-16-6-5-13-26(15-16)19-11-9-18(10-12-19)14-24-23(29)25-21-8-4-7-20(17(21)2)22(27)28-3/h4,7-12,16H,5-6,13-15H2,1-3H3,(H2,24,25,29)/t16-/m0/s1. The molecule has 2 N–H and O–H groups in total. The van der Waals surface area contributed by atoms with Gasteiger partial charge in [0.1, 0.15) is 0 Å². The van der Waals surface area contributed by atoms with Gasteiger partial charge in [0.25, 0.3) is 0 Å². The maximum atomic E-state index is 11.8. The molecule has 6 heteroatoms. The topological polar surface area (TPSA) is 53.6 Å². The van der Waals surface area contributed by atoms with Crippen LogP contribution in [0.3, 0.4) is 0 Å². The number of hydrogen-bond donors (Lipinski definition) is 2. The Labute approximate surface area is 178 Å². The first-order valence-corrected chi connectivity index (χ1v) is 10.5. The molecule has 3 rings (SSSR count). The predicted molar refractivity (Wildman–Crippen MR) is 123 cm³/mol. The Bertz CT molecular complexity index is 867. The van der Waals surface area contributed by atoms with Crippen molar-refractivity contribution in [2.75, 3.05) is 30.4 Å². The van der Waals surface area contributed by atoms with Crippen LogP contribution >= 0.6 is 12.2 Å². The van der Waals surface area contributed by atoms with E-state index in [2.05, 4.69) is 46.7 Å². The molecule has 0 aliphatic carbocycles. The van der Waals surface area contributed by atoms with E-state index in [4.69, 9.17) is 17.0 Å². The normalized spacial score (nSPS) is 16.2. The van der Waals surface area contributed by atoms with Crippen LogP contribution < -0.4 is 15.5 Å². The highest BCUT2D eigenvalue weighted by atomic mass is 32.1. The van der Waals surface area contributed by atoms with Crippen LogP contribution in [0.2, 0.25) is 0 Å². The summed E-state index contributed by atoms with van der Waals surface area (Å²) in [5, 5.41) is 6.92. The number of ether oxygens (including phenoxy) is 1. The van der Waals surface area contributed by atoms with Crippen LogP contribution in [0.1, 0.15) is 41.3 Å². The van der Waals surface area contributed by atoms with Crippen molar-refractivity contribution in [3.63, 3.8) is 0 Å². The molecule has 0 amide bonds. The Morgan fingerprint density at radius 1 is 1.24 bits per heavy atom. The molecular weight excluding hydrogens is 382 g/mol. The van der Waals surface area contributed by atoms with Gasteiger partial charge in [0.05, 0.1) is 12.7 Å². The number of carbonyl (C=O) groups excluding carboxylic acids is 1. The fourth-order valence-electron chi connectivity index (χ4n) is 3.70. The number of esters is 1. The second kappa shape index (κ2) is 9.74. The van der Waals surface area contributed by atoms with Gasteiger partial charge < -0.3 is 20.3 Å². The van der Waals surface area contributed by atoms with Gasteiger partial charge in [0.2, 0.25) is 0 Å². The number of carbonyl (C=O) groups is 1. The number of anilines is 2. The summed E-state index contributed by atoms with van der Waals surface area (Å²) in [7, 11) is 1.38. The van der Waals surface area contributed by atoms with Crippen LogP contribution in [-0.2, 0) is 11.3 Å². The summed E-state index contributed by atoms with van der Waals surface area (Å²) >= 11 is 5.43. The van der Waals surface area contributed by atoms with Crippen LogP contribution in [-0.4, -0.2) is 31.3 Å². The van der Waals surface area contributed by atoms with E-state index in [0.29, 0.717) is 17.2 Å². The minimum Gasteiger partial charge on any atom is -0.465 e. The van der Waals surface area contributed by atoms with Gasteiger partial charge in [-0.1, -0.05) is 25.1 Å². The van der Waals surface area contributed by atoms with E-state index < -0.39 is 0 Å². The lowest BCUT2D eigenvalue weighted by Gasteiger charge is -2.32. The SMILES string of the molecule is COC(=O)c1cccc(NC(=S)NCc2ccc(N3CCC[C@H](C)C3)cc2)c1C. The van der Waals surface area contributed by atoms with Crippen LogP contribution in [0.5, 0.6) is 0 Å². The van der Waals surface area contributed by atoms with Crippen LogP contribution in [0.4, 0.5) is 11.4 Å². The molecule has 0 saturated carbocycles. The molecule has 0 aromatic heterocycles. The number of piperidine rings is 1. The summed E-state index contributed by atoms with van der Waals surface area (Å²) in [5.41, 5.74) is 4.59. The molecule has 0 radical (unpaired) electrons. The van der Waals surface area contributed by atoms with Crippen LogP contribution in [0.15, 0.2) is 42.5 Å². The highest BCUT2D eigenvalue weighted by Crippen LogP contribution is 2.23. The lowest BCUT2D eigenvalue weighted by atomic mass is 9.99. The Morgan fingerprint density at radius 3 is 2.69 bits per heavy atom. The molecule has 0 spiro atoms. The predicted octanol–water partition coefficient (Wildman–Crippen LogP) is 4.50. The van der Waals surface area contributed by atoms with Crippen molar-refractivity contribution in [1.82, 2.24) is 5.32 Å². The summed E-state index contributed by atoms with van der Waals surface area (Å²) < 4.78 is 4.82. The van der Waals surface area contributed by atoms with Gasteiger partial charge in [-0.25, -0.2) is 4.79 Å². The molecule has 2 aromatic carbocycles. The van der Waals surface area contributed by atoms with E-state index in [-0.39, 0.29) is 5.97 Å². The fourth-order valence-corrected chi connectivity index (χ4v) is 3.88. The van der Waals surface area contributed by atoms with Gasteiger partial charge in [0, 0.05) is 31.0 Å². The molecule has 0 unspecified atom stereocenters. The number of nitrogens with one attached hydrogen (secondary N) is 2. The van der Waals surface area contributed by atoms with Gasteiger partial charge in [-0.3, -0.25) is 0 Å². The summed E-state index contributed by atoms with van der Waals surface area (Å²) in [6.07, 6.45) is 2.59. The summed E-state index contributed by atoms with van der Waals surface area (Å²) in [5.74, 6) is 0.405. The van der Waals surface area contributed by atoms with Crippen molar-refractivity contribution in [3.8, 4) is 0 Å². The first kappa shape index (κ1) is 21.1. The molecule has 1 aliphatic heterocycles. The minimum absolute atomic E-state index is 0.354. The van der Waals surface area contributed by atoms with E-state index in [1.807, 2.05) is 19.1 Å². The lowest BCUT2D eigenvalue weighted by Crippen LogP contribution is -2.34. The Morgan fingerprint density at radius 2 is 2.00 bits per heavy atom. The van der Waals surface area contributed by atoms with Crippen molar-refractivity contribution >= 4 is 34.7 Å². The van der Waals surface area contributed by atoms with Gasteiger partial charge in [0.15, 0.2) is 5.11 Å². The third-order valence-corrected chi connectivity index (χ3v) is 5.65. The highest BCUT2D eigenvalue weighted by Gasteiger charge is 2.16. The largest absolute Gasteiger partial charge is 0.465 e. The van der Waals surface area contributed by atoms with Gasteiger partial charge in [-0.2, -0.15) is 0 Å². The van der Waals surface area contributed by atoms with E-state index in [1.165, 1.54) is 31.2 Å². The van der Waals surface area contributed by atoms with Crippen molar-refractivity contribution in [1.29, 1.82) is 0 Å². The third-order valence-electron chi connectivity index (χ3n) is 5.40. The molecule has 154 valence electrons. The molecule has 1 heterocycles. The quantitative estimate of drug-likeness (QED) is 0.558. The molecule has 1 atom stereocenters. The third kappa shape index (κ3) is 5.48. The number of thiocarbonyl (C=S) groups is 1. The number of hydrogen-bond acceptors (Lipinski definition) is 4. The second-order valence-corrected chi connectivity index (χ2v) is 8.05. The highest BCUT2D eigenvalue weighted by molar-refractivity contribution is 7.80. The molecule has 29 heavy (non-hydrogen) atoms. The molecule has 1 fully saturated rings. The zero-order valence-corrected chi connectivity index (χ0v) is 18.1. The maximum Gasteiger partial charge on any atom is 0.338 e. The van der Waals surface area contributed by atoms with E-state index >= 15 is 0 Å². The Hall–Kier alpha value is -2.60. The van der Waals surface area contributed by atoms with Crippen molar-refractivity contribution in [3.05, 3.63) is 59.2 Å². The molecule has 0 bridgehead atoms. The molecule has 2 aromatic rings. The minimum atomic E-state index is -0.354. The fraction of sp³-hybridized carbons (Fsp3) is 0.391. The molecule has 5 nitrogen and oxygen atoms in total. The smallest absolute Gasteiger partial charge is 0.338 e. The van der Waals surface area contributed by atoms with Gasteiger partial charge in [-0.15, -0.1) is 0 Å². The van der Waals surface area contributed by atoms with Crippen molar-refractivity contribution in [2.45, 2.75) is 33.2 Å².